The Kier molecular flexibility index (Phi) is 4.74. The zero-order valence-corrected chi connectivity index (χ0v) is 12.7. The molecule has 0 radical (unpaired) electrons. The molecule has 0 saturated carbocycles. The van der Waals surface area contributed by atoms with Crippen molar-refractivity contribution in [3.63, 3.8) is 0 Å². The van der Waals surface area contributed by atoms with Gasteiger partial charge < -0.3 is 14.1 Å². The zero-order valence-electron chi connectivity index (χ0n) is 11.7. The molecule has 0 unspecified atom stereocenters. The molecule has 17 heavy (non-hydrogen) atoms. The maximum absolute atomic E-state index is 10.9. The van der Waals surface area contributed by atoms with Gasteiger partial charge in [-0.3, -0.25) is 4.79 Å². The van der Waals surface area contributed by atoms with E-state index in [-0.39, 0.29) is 11.1 Å². The van der Waals surface area contributed by atoms with Gasteiger partial charge >= 0.3 is 0 Å². The van der Waals surface area contributed by atoms with Crippen LogP contribution in [0.2, 0.25) is 18.1 Å². The fourth-order valence-corrected chi connectivity index (χ4v) is 2.39. The van der Waals surface area contributed by atoms with E-state index >= 15 is 0 Å². The molecule has 0 aromatic rings. The molecule has 0 aromatic carbocycles. The normalized spacial score (nSPS) is 17.7. The highest BCUT2D eigenvalue weighted by atomic mass is 28.4. The molecule has 0 N–H and O–H groups in total. The SMILES string of the molecule is CC(C)(C)[Si](C)(C)OCCN(C=O)C1COC1. The highest BCUT2D eigenvalue weighted by Crippen LogP contribution is 2.36. The minimum atomic E-state index is -1.69. The summed E-state index contributed by atoms with van der Waals surface area (Å²) < 4.78 is 11.1. The Hall–Kier alpha value is -0.393. The second-order valence-corrected chi connectivity index (χ2v) is 11.0. The van der Waals surface area contributed by atoms with Gasteiger partial charge in [0, 0.05) is 6.54 Å². The van der Waals surface area contributed by atoms with E-state index in [1.165, 1.54) is 0 Å². The van der Waals surface area contributed by atoms with Crippen LogP contribution in [0.15, 0.2) is 0 Å². The van der Waals surface area contributed by atoms with Gasteiger partial charge in [0.05, 0.1) is 25.9 Å². The minimum absolute atomic E-state index is 0.221. The highest BCUT2D eigenvalue weighted by molar-refractivity contribution is 6.74. The number of hydrogen-bond donors (Lipinski definition) is 0. The van der Waals surface area contributed by atoms with Crippen LogP contribution in [0.1, 0.15) is 20.8 Å². The smallest absolute Gasteiger partial charge is 0.210 e. The van der Waals surface area contributed by atoms with E-state index in [0.29, 0.717) is 26.4 Å². The van der Waals surface area contributed by atoms with E-state index in [1.54, 1.807) is 4.90 Å². The van der Waals surface area contributed by atoms with Gasteiger partial charge in [-0.2, -0.15) is 0 Å². The standard InChI is InChI=1S/C12H25NO3Si/c1-12(2,3)17(4,5)16-7-6-13(10-14)11-8-15-9-11/h10-11H,6-9H2,1-5H3. The van der Waals surface area contributed by atoms with Crippen LogP contribution < -0.4 is 0 Å². The van der Waals surface area contributed by atoms with Crippen molar-refractivity contribution >= 4 is 14.7 Å². The minimum Gasteiger partial charge on any atom is -0.415 e. The summed E-state index contributed by atoms with van der Waals surface area (Å²) in [5, 5.41) is 0.221. The van der Waals surface area contributed by atoms with Crippen LogP contribution in [0, 0.1) is 0 Å². The third-order valence-corrected chi connectivity index (χ3v) is 8.38. The summed E-state index contributed by atoms with van der Waals surface area (Å²) in [5.41, 5.74) is 0. The molecule has 100 valence electrons. The van der Waals surface area contributed by atoms with E-state index in [2.05, 4.69) is 33.9 Å². The summed E-state index contributed by atoms with van der Waals surface area (Å²) in [7, 11) is -1.69. The Morgan fingerprint density at radius 1 is 1.41 bits per heavy atom. The number of amides is 1. The highest BCUT2D eigenvalue weighted by Gasteiger charge is 2.37. The van der Waals surface area contributed by atoms with Crippen molar-refractivity contribution in [3.8, 4) is 0 Å². The molecule has 1 heterocycles. The molecule has 0 aliphatic carbocycles. The predicted molar refractivity (Wildman–Crippen MR) is 70.5 cm³/mol. The molecule has 1 fully saturated rings. The van der Waals surface area contributed by atoms with Crippen molar-refractivity contribution in [2.45, 2.75) is 44.9 Å². The van der Waals surface area contributed by atoms with Gasteiger partial charge in [0.15, 0.2) is 8.32 Å². The summed E-state index contributed by atoms with van der Waals surface area (Å²) in [6.07, 6.45) is 0.905. The molecule has 1 aliphatic heterocycles. The summed E-state index contributed by atoms with van der Waals surface area (Å²) in [4.78, 5) is 12.7. The Morgan fingerprint density at radius 2 is 2.00 bits per heavy atom. The first-order chi connectivity index (χ1) is 7.78. The molecule has 4 nitrogen and oxygen atoms in total. The summed E-state index contributed by atoms with van der Waals surface area (Å²) in [6, 6.07) is 0.260. The maximum Gasteiger partial charge on any atom is 0.210 e. The fraction of sp³-hybridized carbons (Fsp3) is 0.917. The van der Waals surface area contributed by atoms with E-state index < -0.39 is 8.32 Å². The van der Waals surface area contributed by atoms with Crippen molar-refractivity contribution < 1.29 is 14.0 Å². The van der Waals surface area contributed by atoms with Crippen LogP contribution in [0.25, 0.3) is 0 Å². The second kappa shape index (κ2) is 5.50. The maximum atomic E-state index is 10.9. The van der Waals surface area contributed by atoms with Gasteiger partial charge in [-0.1, -0.05) is 20.8 Å². The van der Waals surface area contributed by atoms with Gasteiger partial charge in [-0.05, 0) is 18.1 Å². The predicted octanol–water partition coefficient (Wildman–Crippen LogP) is 1.87. The van der Waals surface area contributed by atoms with E-state index in [0.717, 1.165) is 6.41 Å². The summed E-state index contributed by atoms with van der Waals surface area (Å²) >= 11 is 0. The third kappa shape index (κ3) is 3.79. The molecule has 0 bridgehead atoms. The molecule has 1 rings (SSSR count). The number of ether oxygens (including phenoxy) is 1. The average molecular weight is 259 g/mol. The third-order valence-electron chi connectivity index (χ3n) is 3.84. The number of carbonyl (C=O) groups excluding carboxylic acids is 1. The van der Waals surface area contributed by atoms with Crippen molar-refractivity contribution in [1.82, 2.24) is 4.90 Å². The lowest BCUT2D eigenvalue weighted by Crippen LogP contribution is -2.50. The van der Waals surface area contributed by atoms with Crippen LogP contribution in [-0.4, -0.2) is 52.0 Å². The van der Waals surface area contributed by atoms with Crippen molar-refractivity contribution in [3.05, 3.63) is 0 Å². The number of carbonyl (C=O) groups is 1. The molecule has 0 spiro atoms. The van der Waals surface area contributed by atoms with Gasteiger partial charge in [0.2, 0.25) is 6.41 Å². The summed E-state index contributed by atoms with van der Waals surface area (Å²) in [6.45, 7) is 13.7. The Morgan fingerprint density at radius 3 is 2.35 bits per heavy atom. The van der Waals surface area contributed by atoms with Gasteiger partial charge in [-0.15, -0.1) is 0 Å². The molecule has 1 saturated heterocycles. The van der Waals surface area contributed by atoms with Crippen LogP contribution in [0.3, 0.4) is 0 Å². The van der Waals surface area contributed by atoms with Crippen LogP contribution >= 0.6 is 0 Å². The van der Waals surface area contributed by atoms with Crippen LogP contribution in [-0.2, 0) is 14.0 Å². The van der Waals surface area contributed by atoms with Crippen LogP contribution in [0.4, 0.5) is 0 Å². The van der Waals surface area contributed by atoms with Crippen molar-refractivity contribution in [2.24, 2.45) is 0 Å². The van der Waals surface area contributed by atoms with Crippen molar-refractivity contribution in [1.29, 1.82) is 0 Å². The quantitative estimate of drug-likeness (QED) is 0.540. The largest absolute Gasteiger partial charge is 0.415 e. The van der Waals surface area contributed by atoms with E-state index in [9.17, 15) is 4.79 Å². The molecular weight excluding hydrogens is 234 g/mol. The Bertz CT molecular complexity index is 259. The first-order valence-corrected chi connectivity index (χ1v) is 9.11. The van der Waals surface area contributed by atoms with Gasteiger partial charge in [0.25, 0.3) is 0 Å². The number of rotatable bonds is 6. The lowest BCUT2D eigenvalue weighted by Gasteiger charge is -2.38. The zero-order chi connectivity index (χ0) is 13.1. The molecule has 1 amide bonds. The molecule has 5 heteroatoms. The van der Waals surface area contributed by atoms with Crippen LogP contribution in [0.5, 0.6) is 0 Å². The van der Waals surface area contributed by atoms with Gasteiger partial charge in [0.1, 0.15) is 0 Å². The molecule has 1 aliphatic rings. The monoisotopic (exact) mass is 259 g/mol. The lowest BCUT2D eigenvalue weighted by atomic mass is 10.2. The fourth-order valence-electron chi connectivity index (χ4n) is 1.36. The molecule has 0 aromatic heterocycles. The lowest BCUT2D eigenvalue weighted by molar-refractivity contribution is -0.131. The Labute approximate surface area is 105 Å². The topological polar surface area (TPSA) is 38.8 Å². The van der Waals surface area contributed by atoms with E-state index in [1.807, 2.05) is 0 Å². The molecular formula is C12H25NO3Si. The Balaban J connectivity index is 2.33. The number of hydrogen-bond acceptors (Lipinski definition) is 3. The molecule has 0 atom stereocenters. The van der Waals surface area contributed by atoms with Crippen molar-refractivity contribution in [2.75, 3.05) is 26.4 Å². The number of nitrogens with zero attached hydrogens (tertiary/aromatic N) is 1. The van der Waals surface area contributed by atoms with E-state index in [4.69, 9.17) is 9.16 Å². The second-order valence-electron chi connectivity index (χ2n) is 6.14. The first-order valence-electron chi connectivity index (χ1n) is 6.20. The summed E-state index contributed by atoms with van der Waals surface area (Å²) in [5.74, 6) is 0. The average Bonchev–Trinajstić information content (AvgIpc) is 2.11. The van der Waals surface area contributed by atoms with Gasteiger partial charge in [-0.25, -0.2) is 0 Å². The first kappa shape index (κ1) is 14.7.